The summed E-state index contributed by atoms with van der Waals surface area (Å²) in [6.07, 6.45) is 4.78. The van der Waals surface area contributed by atoms with Gasteiger partial charge in [0.15, 0.2) is 0 Å². The van der Waals surface area contributed by atoms with Crippen molar-refractivity contribution in [2.75, 3.05) is 24.7 Å². The van der Waals surface area contributed by atoms with E-state index >= 15 is 0 Å². The summed E-state index contributed by atoms with van der Waals surface area (Å²) in [6, 6.07) is 0.128. The zero-order valence-corrected chi connectivity index (χ0v) is 14.2. The molecular formula is C14H26ClN3O2S. The van der Waals surface area contributed by atoms with Crippen molar-refractivity contribution in [1.82, 2.24) is 15.5 Å². The molecule has 0 aliphatic carbocycles. The van der Waals surface area contributed by atoms with Crippen molar-refractivity contribution in [1.29, 1.82) is 0 Å². The number of thioether (sulfide) groups is 1. The number of nitrogens with zero attached hydrogens (tertiary/aromatic N) is 1. The third-order valence-corrected chi connectivity index (χ3v) is 4.95. The number of nitrogens with one attached hydrogen (secondary N) is 2. The number of hydrogen-bond donors (Lipinski definition) is 2. The Bertz CT molecular complexity index is 351. The van der Waals surface area contributed by atoms with E-state index in [0.29, 0.717) is 24.9 Å². The molecule has 2 heterocycles. The van der Waals surface area contributed by atoms with Crippen molar-refractivity contribution >= 4 is 36.0 Å². The first-order chi connectivity index (χ1) is 9.72. The van der Waals surface area contributed by atoms with Gasteiger partial charge in [0.1, 0.15) is 6.04 Å². The Morgan fingerprint density at radius 2 is 2.24 bits per heavy atom. The van der Waals surface area contributed by atoms with E-state index in [2.05, 4.69) is 17.6 Å². The molecule has 0 aromatic rings. The third kappa shape index (κ3) is 5.34. The first-order valence-electron chi connectivity index (χ1n) is 7.60. The van der Waals surface area contributed by atoms with Crippen LogP contribution in [-0.2, 0) is 9.59 Å². The number of rotatable bonds is 6. The molecule has 2 atom stereocenters. The molecule has 2 amide bonds. The van der Waals surface area contributed by atoms with E-state index < -0.39 is 0 Å². The lowest BCUT2D eigenvalue weighted by molar-refractivity contribution is -0.138. The van der Waals surface area contributed by atoms with E-state index in [1.165, 1.54) is 6.42 Å². The van der Waals surface area contributed by atoms with Crippen LogP contribution in [0.4, 0.5) is 0 Å². The molecule has 2 rings (SSSR count). The first-order valence-corrected chi connectivity index (χ1v) is 8.76. The fraction of sp³-hybridized carbons (Fsp3) is 0.857. The van der Waals surface area contributed by atoms with Crippen molar-refractivity contribution in [3.8, 4) is 0 Å². The van der Waals surface area contributed by atoms with Gasteiger partial charge in [0.25, 0.3) is 0 Å². The maximum absolute atomic E-state index is 12.2. The Hall–Kier alpha value is -0.460. The normalized spacial score (nSPS) is 24.7. The van der Waals surface area contributed by atoms with Crippen molar-refractivity contribution < 1.29 is 9.59 Å². The lowest BCUT2D eigenvalue weighted by Crippen LogP contribution is -2.49. The predicted molar refractivity (Wildman–Crippen MR) is 88.8 cm³/mol. The maximum Gasteiger partial charge on any atom is 0.243 e. The number of amides is 2. The number of carbonyl (C=O) groups is 2. The first kappa shape index (κ1) is 18.6. The summed E-state index contributed by atoms with van der Waals surface area (Å²) in [4.78, 5) is 26.1. The Kier molecular flexibility index (Phi) is 8.44. The molecule has 2 unspecified atom stereocenters. The van der Waals surface area contributed by atoms with Gasteiger partial charge in [0.05, 0.1) is 5.88 Å². The van der Waals surface area contributed by atoms with Gasteiger partial charge < -0.3 is 15.5 Å². The van der Waals surface area contributed by atoms with Gasteiger partial charge in [-0.15, -0.1) is 24.2 Å². The number of unbranched alkanes of at least 4 members (excludes halogenated alkanes) is 1. The average molecular weight is 336 g/mol. The van der Waals surface area contributed by atoms with Gasteiger partial charge in [-0.2, -0.15) is 0 Å². The van der Waals surface area contributed by atoms with Crippen LogP contribution < -0.4 is 10.6 Å². The van der Waals surface area contributed by atoms with Crippen LogP contribution in [-0.4, -0.2) is 53.5 Å². The summed E-state index contributed by atoms with van der Waals surface area (Å²) in [5.74, 6) is 1.51. The number of carbonyl (C=O) groups excluding carboxylic acids is 2. The Labute approximate surface area is 137 Å². The molecule has 5 nitrogen and oxygen atoms in total. The van der Waals surface area contributed by atoms with Crippen molar-refractivity contribution in [2.45, 2.75) is 51.1 Å². The summed E-state index contributed by atoms with van der Waals surface area (Å²) in [5, 5.41) is 6.36. The van der Waals surface area contributed by atoms with Gasteiger partial charge in [-0.05, 0) is 25.8 Å². The smallest absolute Gasteiger partial charge is 0.243 e. The van der Waals surface area contributed by atoms with Gasteiger partial charge in [-0.3, -0.25) is 9.59 Å². The van der Waals surface area contributed by atoms with E-state index in [1.54, 1.807) is 16.7 Å². The molecule has 2 aliphatic rings. The van der Waals surface area contributed by atoms with Gasteiger partial charge in [-0.25, -0.2) is 0 Å². The minimum absolute atomic E-state index is 0. The quantitative estimate of drug-likeness (QED) is 0.769. The monoisotopic (exact) mass is 335 g/mol. The second-order valence-corrected chi connectivity index (χ2v) is 6.52. The van der Waals surface area contributed by atoms with E-state index in [1.807, 2.05) is 0 Å². The molecule has 122 valence electrons. The maximum atomic E-state index is 12.2. The topological polar surface area (TPSA) is 61.4 Å². The highest BCUT2D eigenvalue weighted by atomic mass is 35.5. The number of hydrogen-bond acceptors (Lipinski definition) is 4. The van der Waals surface area contributed by atoms with Gasteiger partial charge in [-0.1, -0.05) is 13.3 Å². The van der Waals surface area contributed by atoms with Crippen LogP contribution in [0.1, 0.15) is 39.0 Å². The summed E-state index contributed by atoms with van der Waals surface area (Å²) >= 11 is 1.67. The summed E-state index contributed by atoms with van der Waals surface area (Å²) < 4.78 is 0. The fourth-order valence-electron chi connectivity index (χ4n) is 2.65. The zero-order valence-electron chi connectivity index (χ0n) is 12.6. The van der Waals surface area contributed by atoms with Gasteiger partial charge in [0.2, 0.25) is 11.8 Å². The molecule has 7 heteroatoms. The Balaban J connectivity index is 0.00000220. The lowest BCUT2D eigenvalue weighted by Gasteiger charge is -2.23. The zero-order chi connectivity index (χ0) is 14.4. The van der Waals surface area contributed by atoms with Gasteiger partial charge in [0, 0.05) is 24.8 Å². The molecule has 0 spiro atoms. The third-order valence-electron chi connectivity index (χ3n) is 3.93. The summed E-state index contributed by atoms with van der Waals surface area (Å²) in [6.45, 7) is 3.79. The Morgan fingerprint density at radius 3 is 2.90 bits per heavy atom. The molecule has 0 saturated carbocycles. The molecular weight excluding hydrogens is 310 g/mol. The van der Waals surface area contributed by atoms with E-state index in [9.17, 15) is 9.59 Å². The van der Waals surface area contributed by atoms with Crippen LogP contribution in [0, 0.1) is 0 Å². The summed E-state index contributed by atoms with van der Waals surface area (Å²) in [5.41, 5.74) is 0. The molecule has 0 bridgehead atoms. The van der Waals surface area contributed by atoms with E-state index in [-0.39, 0.29) is 30.3 Å². The lowest BCUT2D eigenvalue weighted by atomic mass is 10.2. The molecule has 2 fully saturated rings. The van der Waals surface area contributed by atoms with Crippen molar-refractivity contribution in [3.63, 3.8) is 0 Å². The van der Waals surface area contributed by atoms with Crippen LogP contribution in [0.15, 0.2) is 0 Å². The van der Waals surface area contributed by atoms with Crippen LogP contribution in [0.2, 0.25) is 0 Å². The fourth-order valence-corrected chi connectivity index (χ4v) is 3.83. The minimum atomic E-state index is -0.272. The highest BCUT2D eigenvalue weighted by Gasteiger charge is 2.34. The molecule has 2 N–H and O–H groups in total. The van der Waals surface area contributed by atoms with E-state index in [0.717, 1.165) is 31.6 Å². The van der Waals surface area contributed by atoms with Crippen LogP contribution in [0.5, 0.6) is 0 Å². The molecule has 0 aromatic heterocycles. The Morgan fingerprint density at radius 1 is 1.43 bits per heavy atom. The minimum Gasteiger partial charge on any atom is -0.353 e. The number of halogens is 1. The molecule has 0 radical (unpaired) electrons. The second kappa shape index (κ2) is 9.54. The van der Waals surface area contributed by atoms with Gasteiger partial charge >= 0.3 is 0 Å². The summed E-state index contributed by atoms with van der Waals surface area (Å²) in [7, 11) is 0. The van der Waals surface area contributed by atoms with Crippen LogP contribution >= 0.6 is 24.2 Å². The SMILES string of the molecule is CCCCC(=O)N1CSCC1C(=O)NCC1CCCN1.Cl. The largest absolute Gasteiger partial charge is 0.353 e. The van der Waals surface area contributed by atoms with Crippen LogP contribution in [0.25, 0.3) is 0 Å². The van der Waals surface area contributed by atoms with Crippen molar-refractivity contribution in [2.24, 2.45) is 0 Å². The van der Waals surface area contributed by atoms with Crippen LogP contribution in [0.3, 0.4) is 0 Å². The standard InChI is InChI=1S/C14H25N3O2S.ClH/c1-2-3-6-13(18)17-10-20-9-12(17)14(19)16-8-11-5-4-7-15-11;/h11-12,15H,2-10H2,1H3,(H,16,19);1H. The highest BCUT2D eigenvalue weighted by molar-refractivity contribution is 7.99. The second-order valence-electron chi connectivity index (χ2n) is 5.52. The van der Waals surface area contributed by atoms with Crippen molar-refractivity contribution in [3.05, 3.63) is 0 Å². The molecule has 0 aromatic carbocycles. The average Bonchev–Trinajstić information content (AvgIpc) is 3.12. The molecule has 2 saturated heterocycles. The van der Waals surface area contributed by atoms with E-state index in [4.69, 9.17) is 0 Å². The molecule has 2 aliphatic heterocycles. The highest BCUT2D eigenvalue weighted by Crippen LogP contribution is 2.22. The predicted octanol–water partition coefficient (Wildman–Crippen LogP) is 1.37. The molecule has 21 heavy (non-hydrogen) atoms.